The monoisotopic (exact) mass is 342 g/mol. The van der Waals surface area contributed by atoms with Crippen molar-refractivity contribution in [2.24, 2.45) is 5.92 Å². The molecule has 0 aliphatic carbocycles. The predicted molar refractivity (Wildman–Crippen MR) is 99.0 cm³/mol. The summed E-state index contributed by atoms with van der Waals surface area (Å²) in [5.74, 6) is 1.72. The minimum Gasteiger partial charge on any atom is -0.346 e. The first-order chi connectivity index (χ1) is 11.7. The molecular formula is C18H22N4OS. The molecule has 126 valence electrons. The predicted octanol–water partition coefficient (Wildman–Crippen LogP) is 3.22. The van der Waals surface area contributed by atoms with Gasteiger partial charge in [0, 0.05) is 49.4 Å². The number of amides is 1. The van der Waals surface area contributed by atoms with E-state index in [4.69, 9.17) is 0 Å². The Hall–Kier alpha value is -1.95. The Morgan fingerprint density at radius 3 is 3.17 bits per heavy atom. The van der Waals surface area contributed by atoms with Gasteiger partial charge in [-0.3, -0.25) is 4.79 Å². The third kappa shape index (κ3) is 2.90. The van der Waals surface area contributed by atoms with Gasteiger partial charge in [0.2, 0.25) is 0 Å². The van der Waals surface area contributed by atoms with Crippen molar-refractivity contribution in [3.63, 3.8) is 0 Å². The zero-order valence-electron chi connectivity index (χ0n) is 13.9. The summed E-state index contributed by atoms with van der Waals surface area (Å²) in [6.45, 7) is 4.91. The van der Waals surface area contributed by atoms with Crippen LogP contribution >= 0.6 is 11.8 Å². The molecule has 0 bridgehead atoms. The molecule has 1 fully saturated rings. The number of likely N-dealkylation sites (tertiary alicyclic amines) is 1. The van der Waals surface area contributed by atoms with E-state index < -0.39 is 0 Å². The van der Waals surface area contributed by atoms with Crippen molar-refractivity contribution in [2.45, 2.75) is 19.8 Å². The number of fused-ring (bicyclic) bond motifs is 1. The molecule has 0 saturated carbocycles. The molecule has 1 atom stereocenters. The van der Waals surface area contributed by atoms with Gasteiger partial charge in [-0.25, -0.2) is 4.98 Å². The first-order valence-corrected chi connectivity index (χ1v) is 9.53. The van der Waals surface area contributed by atoms with Crippen molar-refractivity contribution in [3.05, 3.63) is 35.6 Å². The van der Waals surface area contributed by atoms with Gasteiger partial charge < -0.3 is 14.8 Å². The second-order valence-electron chi connectivity index (χ2n) is 6.60. The fraction of sp³-hybridized carbons (Fsp3) is 0.444. The lowest BCUT2D eigenvalue weighted by molar-refractivity contribution is -0.128. The number of pyridine rings is 1. The maximum absolute atomic E-state index is 12.9. The molecule has 1 saturated heterocycles. The minimum absolute atomic E-state index is 0.190. The SMILES string of the molecule is CC1CCCN(C(=O)C2=CN(c3ccnc4[nH]ccc34)CCS2)C1. The van der Waals surface area contributed by atoms with Crippen LogP contribution in [0, 0.1) is 5.92 Å². The van der Waals surface area contributed by atoms with Crippen LogP contribution in [0.15, 0.2) is 35.6 Å². The van der Waals surface area contributed by atoms with Crippen molar-refractivity contribution in [2.75, 3.05) is 30.3 Å². The van der Waals surface area contributed by atoms with Crippen molar-refractivity contribution in [3.8, 4) is 0 Å². The molecule has 24 heavy (non-hydrogen) atoms. The number of carbonyl (C=O) groups is 1. The molecule has 2 aliphatic heterocycles. The number of nitrogens with one attached hydrogen (secondary N) is 1. The Labute approximate surface area is 146 Å². The van der Waals surface area contributed by atoms with Gasteiger partial charge in [-0.05, 0) is 30.9 Å². The van der Waals surface area contributed by atoms with Gasteiger partial charge in [0.25, 0.3) is 5.91 Å². The van der Waals surface area contributed by atoms with Gasteiger partial charge in [-0.2, -0.15) is 0 Å². The van der Waals surface area contributed by atoms with E-state index in [1.54, 1.807) is 11.8 Å². The maximum Gasteiger partial charge on any atom is 0.261 e. The molecule has 0 radical (unpaired) electrons. The number of aromatic nitrogens is 2. The summed E-state index contributed by atoms with van der Waals surface area (Å²) in [6.07, 6.45) is 8.09. The number of carbonyl (C=O) groups excluding carboxylic acids is 1. The van der Waals surface area contributed by atoms with E-state index in [-0.39, 0.29) is 5.91 Å². The number of hydrogen-bond acceptors (Lipinski definition) is 4. The second-order valence-corrected chi connectivity index (χ2v) is 7.74. The molecule has 4 heterocycles. The normalized spacial score (nSPS) is 21.9. The van der Waals surface area contributed by atoms with Crippen LogP contribution in [0.3, 0.4) is 0 Å². The zero-order valence-corrected chi connectivity index (χ0v) is 14.7. The van der Waals surface area contributed by atoms with Gasteiger partial charge in [-0.15, -0.1) is 11.8 Å². The number of piperidine rings is 1. The number of aromatic amines is 1. The Kier molecular flexibility index (Phi) is 4.22. The summed E-state index contributed by atoms with van der Waals surface area (Å²) >= 11 is 1.68. The topological polar surface area (TPSA) is 52.2 Å². The highest BCUT2D eigenvalue weighted by atomic mass is 32.2. The largest absolute Gasteiger partial charge is 0.346 e. The van der Waals surface area contributed by atoms with E-state index in [2.05, 4.69) is 21.8 Å². The van der Waals surface area contributed by atoms with E-state index in [1.165, 1.54) is 6.42 Å². The van der Waals surface area contributed by atoms with E-state index in [0.29, 0.717) is 5.92 Å². The summed E-state index contributed by atoms with van der Waals surface area (Å²) in [5, 5.41) is 1.10. The molecule has 0 aromatic carbocycles. The van der Waals surface area contributed by atoms with Crippen LogP contribution in [0.4, 0.5) is 5.69 Å². The Balaban J connectivity index is 1.61. The van der Waals surface area contributed by atoms with Crippen molar-refractivity contribution in [1.29, 1.82) is 0 Å². The van der Waals surface area contributed by atoms with Crippen LogP contribution < -0.4 is 4.90 Å². The molecule has 4 rings (SSSR count). The van der Waals surface area contributed by atoms with Gasteiger partial charge in [0.1, 0.15) is 5.65 Å². The quantitative estimate of drug-likeness (QED) is 0.910. The third-order valence-corrected chi connectivity index (χ3v) is 5.74. The summed E-state index contributed by atoms with van der Waals surface area (Å²) in [6, 6.07) is 4.06. The smallest absolute Gasteiger partial charge is 0.261 e. The molecule has 2 aromatic rings. The first kappa shape index (κ1) is 15.6. The van der Waals surface area contributed by atoms with Crippen LogP contribution in [0.2, 0.25) is 0 Å². The van der Waals surface area contributed by atoms with Crippen LogP contribution in [-0.4, -0.2) is 46.2 Å². The third-order valence-electron chi connectivity index (χ3n) is 4.76. The zero-order chi connectivity index (χ0) is 16.5. The van der Waals surface area contributed by atoms with Gasteiger partial charge in [-0.1, -0.05) is 6.92 Å². The highest BCUT2D eigenvalue weighted by molar-refractivity contribution is 8.04. The molecule has 2 aliphatic rings. The molecule has 5 nitrogen and oxygen atoms in total. The molecule has 2 aromatic heterocycles. The van der Waals surface area contributed by atoms with E-state index >= 15 is 0 Å². The molecule has 6 heteroatoms. The number of hydrogen-bond donors (Lipinski definition) is 1. The van der Waals surface area contributed by atoms with Gasteiger partial charge >= 0.3 is 0 Å². The molecule has 0 spiro atoms. The summed E-state index contributed by atoms with van der Waals surface area (Å²) < 4.78 is 0. The fourth-order valence-corrected chi connectivity index (χ4v) is 4.49. The highest BCUT2D eigenvalue weighted by Crippen LogP contribution is 2.32. The van der Waals surface area contributed by atoms with E-state index in [0.717, 1.165) is 53.4 Å². The van der Waals surface area contributed by atoms with Crippen molar-refractivity contribution >= 4 is 34.4 Å². The summed E-state index contributed by atoms with van der Waals surface area (Å²) in [7, 11) is 0. The van der Waals surface area contributed by atoms with E-state index in [9.17, 15) is 4.79 Å². The fourth-order valence-electron chi connectivity index (χ4n) is 3.53. The number of anilines is 1. The number of thioether (sulfide) groups is 1. The van der Waals surface area contributed by atoms with Crippen molar-refractivity contribution < 1.29 is 4.79 Å². The lowest BCUT2D eigenvalue weighted by Crippen LogP contribution is -2.40. The van der Waals surface area contributed by atoms with Crippen LogP contribution in [0.1, 0.15) is 19.8 Å². The first-order valence-electron chi connectivity index (χ1n) is 8.55. The standard InChI is InChI=1S/C18H22N4OS/c1-13-3-2-8-22(11-13)18(23)16-12-21(9-10-24-16)15-5-7-20-17-14(15)4-6-19-17/h4-7,12-13H,2-3,8-11H2,1H3,(H,19,20). The number of nitrogens with zero attached hydrogens (tertiary/aromatic N) is 3. The second kappa shape index (κ2) is 6.51. The Bertz CT molecular complexity index is 784. The lowest BCUT2D eigenvalue weighted by atomic mass is 10.0. The van der Waals surface area contributed by atoms with Crippen molar-refractivity contribution in [1.82, 2.24) is 14.9 Å². The van der Waals surface area contributed by atoms with Crippen LogP contribution in [-0.2, 0) is 4.79 Å². The van der Waals surface area contributed by atoms with E-state index in [1.807, 2.05) is 35.6 Å². The molecule has 1 N–H and O–H groups in total. The maximum atomic E-state index is 12.9. The van der Waals surface area contributed by atoms with Gasteiger partial charge in [0.15, 0.2) is 0 Å². The lowest BCUT2D eigenvalue weighted by Gasteiger charge is -2.33. The average Bonchev–Trinajstić information content (AvgIpc) is 3.10. The van der Waals surface area contributed by atoms with Crippen LogP contribution in [0.5, 0.6) is 0 Å². The Morgan fingerprint density at radius 2 is 2.29 bits per heavy atom. The molecule has 1 amide bonds. The minimum atomic E-state index is 0.190. The average molecular weight is 342 g/mol. The van der Waals surface area contributed by atoms with Crippen LogP contribution in [0.25, 0.3) is 11.0 Å². The van der Waals surface area contributed by atoms with Gasteiger partial charge in [0.05, 0.1) is 10.6 Å². The summed E-state index contributed by atoms with van der Waals surface area (Å²) in [5.41, 5.74) is 2.00. The highest BCUT2D eigenvalue weighted by Gasteiger charge is 2.26. The summed E-state index contributed by atoms with van der Waals surface area (Å²) in [4.78, 5) is 25.5. The number of rotatable bonds is 2. The molecular weight excluding hydrogens is 320 g/mol. The number of H-pyrrole nitrogens is 1. The Morgan fingerprint density at radius 1 is 1.38 bits per heavy atom. The molecule has 1 unspecified atom stereocenters.